The minimum Gasteiger partial charge on any atom is -0.449 e. The van der Waals surface area contributed by atoms with Gasteiger partial charge < -0.3 is 15.4 Å². The molecule has 1 amide bonds. The summed E-state index contributed by atoms with van der Waals surface area (Å²) in [6.07, 6.45) is 0.427. The maximum Gasteiger partial charge on any atom is 0.339 e. The van der Waals surface area contributed by atoms with E-state index in [0.717, 1.165) is 37.1 Å². The van der Waals surface area contributed by atoms with Crippen LogP contribution < -0.4 is 10.6 Å². The molecular formula is C19H17F2N3O5. The summed E-state index contributed by atoms with van der Waals surface area (Å²) in [5, 5.41) is 16.3. The van der Waals surface area contributed by atoms with E-state index in [4.69, 9.17) is 4.74 Å². The molecule has 1 atom stereocenters. The van der Waals surface area contributed by atoms with E-state index in [-0.39, 0.29) is 23.0 Å². The van der Waals surface area contributed by atoms with Crippen LogP contribution in [0.2, 0.25) is 0 Å². The van der Waals surface area contributed by atoms with Crippen molar-refractivity contribution < 1.29 is 28.0 Å². The van der Waals surface area contributed by atoms with E-state index in [1.807, 2.05) is 5.32 Å². The molecule has 2 aromatic carbocycles. The predicted molar refractivity (Wildman–Crippen MR) is 99.6 cm³/mol. The van der Waals surface area contributed by atoms with Gasteiger partial charge in [-0.15, -0.1) is 0 Å². The van der Waals surface area contributed by atoms with Gasteiger partial charge in [-0.3, -0.25) is 14.9 Å². The van der Waals surface area contributed by atoms with Crippen LogP contribution in [0.5, 0.6) is 0 Å². The number of carbonyl (C=O) groups is 2. The standard InChI is InChI=1S/C19H17F2N3O5/c1-10(18(25)23-17-13(20)3-2-4-14(17)21)29-19(26)11-5-8-15(22-12-6-7-12)16(9-11)24(27)28/h2-5,8-10,12,22H,6-7H2,1H3,(H,23,25)/t10-/m1/s1. The molecule has 1 aliphatic rings. The summed E-state index contributed by atoms with van der Waals surface area (Å²) < 4.78 is 32.2. The average Bonchev–Trinajstić information content (AvgIpc) is 3.48. The summed E-state index contributed by atoms with van der Waals surface area (Å²) in [5.74, 6) is -3.90. The van der Waals surface area contributed by atoms with Crippen molar-refractivity contribution in [3.63, 3.8) is 0 Å². The van der Waals surface area contributed by atoms with Gasteiger partial charge in [0.15, 0.2) is 6.10 Å². The summed E-state index contributed by atoms with van der Waals surface area (Å²) in [7, 11) is 0. The third kappa shape index (κ3) is 4.84. The molecule has 0 heterocycles. The molecule has 1 fully saturated rings. The second kappa shape index (κ2) is 8.21. The van der Waals surface area contributed by atoms with Gasteiger partial charge in [-0.05, 0) is 44.0 Å². The SMILES string of the molecule is C[C@@H](OC(=O)c1ccc(NC2CC2)c([N+](=O)[O-])c1)C(=O)Nc1c(F)cccc1F. The molecule has 0 aromatic heterocycles. The number of hydrogen-bond acceptors (Lipinski definition) is 6. The average molecular weight is 405 g/mol. The van der Waals surface area contributed by atoms with E-state index in [0.29, 0.717) is 0 Å². The summed E-state index contributed by atoms with van der Waals surface area (Å²) >= 11 is 0. The first-order chi connectivity index (χ1) is 13.8. The number of esters is 1. The van der Waals surface area contributed by atoms with Gasteiger partial charge in [-0.1, -0.05) is 6.07 Å². The van der Waals surface area contributed by atoms with Gasteiger partial charge >= 0.3 is 5.97 Å². The van der Waals surface area contributed by atoms with Crippen molar-refractivity contribution >= 4 is 28.9 Å². The van der Waals surface area contributed by atoms with Crippen molar-refractivity contribution in [3.8, 4) is 0 Å². The number of amides is 1. The number of halogens is 2. The molecule has 3 rings (SSSR count). The topological polar surface area (TPSA) is 111 Å². The Morgan fingerprint density at radius 2 is 1.86 bits per heavy atom. The molecule has 2 N–H and O–H groups in total. The predicted octanol–water partition coefficient (Wildman–Crippen LogP) is 3.63. The van der Waals surface area contributed by atoms with Gasteiger partial charge in [0.1, 0.15) is 23.0 Å². The highest BCUT2D eigenvalue weighted by atomic mass is 19.1. The van der Waals surface area contributed by atoms with E-state index in [1.54, 1.807) is 0 Å². The number of rotatable bonds is 7. The van der Waals surface area contributed by atoms with Crippen LogP contribution in [0, 0.1) is 21.7 Å². The molecule has 1 saturated carbocycles. The second-order valence-electron chi connectivity index (χ2n) is 6.54. The van der Waals surface area contributed by atoms with E-state index in [9.17, 15) is 28.5 Å². The Balaban J connectivity index is 1.69. The van der Waals surface area contributed by atoms with Gasteiger partial charge in [0, 0.05) is 12.1 Å². The number of nitro groups is 1. The molecule has 29 heavy (non-hydrogen) atoms. The highest BCUT2D eigenvalue weighted by molar-refractivity contribution is 5.98. The molecule has 8 nitrogen and oxygen atoms in total. The summed E-state index contributed by atoms with van der Waals surface area (Å²) in [6.45, 7) is 1.21. The van der Waals surface area contributed by atoms with Crippen LogP contribution in [0.4, 0.5) is 25.8 Å². The molecule has 152 valence electrons. The van der Waals surface area contributed by atoms with Crippen molar-refractivity contribution in [1.29, 1.82) is 0 Å². The molecule has 0 spiro atoms. The van der Waals surface area contributed by atoms with E-state index >= 15 is 0 Å². The van der Waals surface area contributed by atoms with Gasteiger partial charge in [-0.2, -0.15) is 0 Å². The van der Waals surface area contributed by atoms with E-state index < -0.39 is 40.2 Å². The minimum atomic E-state index is -1.40. The summed E-state index contributed by atoms with van der Waals surface area (Å²) in [5.41, 5.74) is -0.798. The maximum absolute atomic E-state index is 13.6. The zero-order valence-electron chi connectivity index (χ0n) is 15.3. The fourth-order valence-electron chi connectivity index (χ4n) is 2.50. The fourth-order valence-corrected chi connectivity index (χ4v) is 2.50. The van der Waals surface area contributed by atoms with Crippen molar-refractivity contribution in [1.82, 2.24) is 0 Å². The molecule has 2 aromatic rings. The smallest absolute Gasteiger partial charge is 0.339 e. The Bertz CT molecular complexity index is 958. The van der Waals surface area contributed by atoms with E-state index in [1.165, 1.54) is 19.1 Å². The van der Waals surface area contributed by atoms with Gasteiger partial charge in [0.25, 0.3) is 11.6 Å². The van der Waals surface area contributed by atoms with Crippen LogP contribution in [0.15, 0.2) is 36.4 Å². The van der Waals surface area contributed by atoms with Crippen LogP contribution in [0.1, 0.15) is 30.1 Å². The normalized spacial score (nSPS) is 14.0. The maximum atomic E-state index is 13.6. The Kier molecular flexibility index (Phi) is 5.71. The van der Waals surface area contributed by atoms with Crippen LogP contribution in [0.3, 0.4) is 0 Å². The van der Waals surface area contributed by atoms with Crippen LogP contribution in [0.25, 0.3) is 0 Å². The monoisotopic (exact) mass is 405 g/mol. The first-order valence-electron chi connectivity index (χ1n) is 8.77. The van der Waals surface area contributed by atoms with Crippen molar-refractivity contribution in [2.24, 2.45) is 0 Å². The van der Waals surface area contributed by atoms with Crippen molar-refractivity contribution in [3.05, 3.63) is 63.7 Å². The number of benzene rings is 2. The lowest BCUT2D eigenvalue weighted by atomic mass is 10.1. The largest absolute Gasteiger partial charge is 0.449 e. The quantitative estimate of drug-likeness (QED) is 0.413. The second-order valence-corrected chi connectivity index (χ2v) is 6.54. The summed E-state index contributed by atoms with van der Waals surface area (Å²) in [6, 6.07) is 7.02. The van der Waals surface area contributed by atoms with Gasteiger partial charge in [0.05, 0.1) is 10.5 Å². The Hall–Kier alpha value is -3.56. The minimum absolute atomic E-state index is 0.130. The number of carbonyl (C=O) groups excluding carboxylic acids is 2. The highest BCUT2D eigenvalue weighted by Gasteiger charge is 2.27. The number of para-hydroxylation sites is 1. The lowest BCUT2D eigenvalue weighted by molar-refractivity contribution is -0.384. The number of anilines is 2. The first kappa shape index (κ1) is 20.2. The van der Waals surface area contributed by atoms with Gasteiger partial charge in [0.2, 0.25) is 0 Å². The molecule has 0 aliphatic heterocycles. The summed E-state index contributed by atoms with van der Waals surface area (Å²) in [4.78, 5) is 35.0. The zero-order chi connectivity index (χ0) is 21.1. The Labute approximate surface area is 164 Å². The van der Waals surface area contributed by atoms with E-state index in [2.05, 4.69) is 5.32 Å². The molecule has 1 aliphatic carbocycles. The lowest BCUT2D eigenvalue weighted by Gasteiger charge is -2.14. The number of nitrogens with zero attached hydrogens (tertiary/aromatic N) is 1. The van der Waals surface area contributed by atoms with Gasteiger partial charge in [-0.25, -0.2) is 13.6 Å². The van der Waals surface area contributed by atoms with Crippen LogP contribution in [-0.2, 0) is 9.53 Å². The van der Waals surface area contributed by atoms with Crippen LogP contribution in [-0.4, -0.2) is 28.9 Å². The fraction of sp³-hybridized carbons (Fsp3) is 0.263. The molecule has 0 saturated heterocycles. The Morgan fingerprint density at radius 1 is 1.21 bits per heavy atom. The zero-order valence-corrected chi connectivity index (χ0v) is 15.3. The van der Waals surface area contributed by atoms with Crippen LogP contribution >= 0.6 is 0 Å². The third-order valence-corrected chi connectivity index (χ3v) is 4.23. The molecule has 0 bridgehead atoms. The lowest BCUT2D eigenvalue weighted by Crippen LogP contribution is -2.30. The highest BCUT2D eigenvalue weighted by Crippen LogP contribution is 2.31. The molecule has 0 radical (unpaired) electrons. The number of ether oxygens (including phenoxy) is 1. The number of nitrogens with one attached hydrogen (secondary N) is 2. The third-order valence-electron chi connectivity index (χ3n) is 4.23. The van der Waals surface area contributed by atoms with Crippen molar-refractivity contribution in [2.45, 2.75) is 31.9 Å². The molecule has 0 unspecified atom stereocenters. The first-order valence-corrected chi connectivity index (χ1v) is 8.77. The van der Waals surface area contributed by atoms with Crippen molar-refractivity contribution in [2.75, 3.05) is 10.6 Å². The number of nitro benzene ring substituents is 1. The number of hydrogen-bond donors (Lipinski definition) is 2. The Morgan fingerprint density at radius 3 is 2.45 bits per heavy atom. The molecular weight excluding hydrogens is 388 g/mol. The molecule has 10 heteroatoms.